The van der Waals surface area contributed by atoms with Crippen LogP contribution in [0.5, 0.6) is 11.5 Å². The van der Waals surface area contributed by atoms with Crippen molar-refractivity contribution in [1.82, 2.24) is 5.43 Å². The molecule has 0 unspecified atom stereocenters. The third-order valence-electron chi connectivity index (χ3n) is 1.69. The molecule has 0 bridgehead atoms. The Morgan fingerprint density at radius 2 is 2.33 bits per heavy atom. The van der Waals surface area contributed by atoms with E-state index in [4.69, 9.17) is 16.3 Å². The Bertz CT molecular complexity index is 367. The van der Waals surface area contributed by atoms with Gasteiger partial charge in [0, 0.05) is 7.05 Å². The summed E-state index contributed by atoms with van der Waals surface area (Å²) in [6.45, 7) is 2.30. The van der Waals surface area contributed by atoms with E-state index in [0.717, 1.165) is 5.56 Å². The molecule has 1 aromatic rings. The molecule has 0 atom stereocenters. The largest absolute Gasteiger partial charge is 0.503 e. The monoisotopic (exact) mass is 228 g/mol. The van der Waals surface area contributed by atoms with Crippen LogP contribution < -0.4 is 10.2 Å². The molecule has 0 aliphatic carbocycles. The number of nitrogens with one attached hydrogen (secondary N) is 1. The number of benzene rings is 1. The van der Waals surface area contributed by atoms with Crippen LogP contribution in [0.1, 0.15) is 12.5 Å². The second kappa shape index (κ2) is 5.46. The van der Waals surface area contributed by atoms with Crippen molar-refractivity contribution in [2.24, 2.45) is 5.10 Å². The molecule has 1 rings (SSSR count). The van der Waals surface area contributed by atoms with Gasteiger partial charge in [-0.2, -0.15) is 5.10 Å². The second-order valence-corrected chi connectivity index (χ2v) is 3.17. The molecule has 0 fully saturated rings. The predicted octanol–water partition coefficient (Wildman–Crippen LogP) is 2.00. The van der Waals surface area contributed by atoms with Gasteiger partial charge in [-0.25, -0.2) is 0 Å². The van der Waals surface area contributed by atoms with Gasteiger partial charge in [-0.3, -0.25) is 0 Å². The normalized spacial score (nSPS) is 10.6. The maximum Gasteiger partial charge on any atom is 0.176 e. The first kappa shape index (κ1) is 11.7. The van der Waals surface area contributed by atoms with Gasteiger partial charge in [0.2, 0.25) is 0 Å². The fourth-order valence-electron chi connectivity index (χ4n) is 1.07. The molecule has 2 N–H and O–H groups in total. The number of phenols is 1. The number of halogens is 1. The molecule has 0 saturated carbocycles. The number of ether oxygens (including phenoxy) is 1. The molecule has 0 aromatic heterocycles. The van der Waals surface area contributed by atoms with Crippen molar-refractivity contribution < 1.29 is 9.84 Å². The molecule has 0 saturated heterocycles. The van der Waals surface area contributed by atoms with Crippen LogP contribution in [0.25, 0.3) is 0 Å². The Kier molecular flexibility index (Phi) is 4.24. The number of phenolic OH excluding ortho intramolecular Hbond substituents is 1. The second-order valence-electron chi connectivity index (χ2n) is 2.76. The summed E-state index contributed by atoms with van der Waals surface area (Å²) >= 11 is 5.82. The van der Waals surface area contributed by atoms with E-state index < -0.39 is 0 Å². The van der Waals surface area contributed by atoms with Gasteiger partial charge >= 0.3 is 0 Å². The van der Waals surface area contributed by atoms with Crippen molar-refractivity contribution >= 4 is 17.8 Å². The Morgan fingerprint density at radius 3 is 2.93 bits per heavy atom. The lowest BCUT2D eigenvalue weighted by Crippen LogP contribution is -1.97. The van der Waals surface area contributed by atoms with Crippen LogP contribution in [0.3, 0.4) is 0 Å². The zero-order valence-electron chi connectivity index (χ0n) is 8.62. The van der Waals surface area contributed by atoms with Gasteiger partial charge in [0.05, 0.1) is 17.8 Å². The predicted molar refractivity (Wildman–Crippen MR) is 60.9 cm³/mol. The van der Waals surface area contributed by atoms with Crippen LogP contribution in [0, 0.1) is 0 Å². The van der Waals surface area contributed by atoms with Gasteiger partial charge in [-0.05, 0) is 24.6 Å². The highest BCUT2D eigenvalue weighted by Gasteiger charge is 2.08. The summed E-state index contributed by atoms with van der Waals surface area (Å²) in [6.07, 6.45) is 1.59. The van der Waals surface area contributed by atoms with E-state index in [1.807, 2.05) is 6.92 Å². The third kappa shape index (κ3) is 3.02. The van der Waals surface area contributed by atoms with E-state index >= 15 is 0 Å². The molecule has 4 nitrogen and oxygen atoms in total. The zero-order valence-corrected chi connectivity index (χ0v) is 9.38. The van der Waals surface area contributed by atoms with Crippen LogP contribution >= 0.6 is 11.6 Å². The van der Waals surface area contributed by atoms with Crippen LogP contribution in [-0.2, 0) is 0 Å². The van der Waals surface area contributed by atoms with E-state index in [1.165, 1.54) is 0 Å². The van der Waals surface area contributed by atoms with E-state index in [1.54, 1.807) is 25.4 Å². The minimum absolute atomic E-state index is 0.0416. The Morgan fingerprint density at radius 1 is 1.60 bits per heavy atom. The highest BCUT2D eigenvalue weighted by molar-refractivity contribution is 6.32. The number of hydrogen-bond acceptors (Lipinski definition) is 4. The molecule has 0 spiro atoms. The van der Waals surface area contributed by atoms with Gasteiger partial charge in [0.15, 0.2) is 11.5 Å². The average molecular weight is 229 g/mol. The molecular formula is C10H13ClN2O2. The lowest BCUT2D eigenvalue weighted by Gasteiger charge is -2.07. The molecule has 0 amide bonds. The summed E-state index contributed by atoms with van der Waals surface area (Å²) in [4.78, 5) is 0. The summed E-state index contributed by atoms with van der Waals surface area (Å²) in [7, 11) is 1.70. The minimum Gasteiger partial charge on any atom is -0.503 e. The first-order valence-electron chi connectivity index (χ1n) is 4.54. The smallest absolute Gasteiger partial charge is 0.176 e. The quantitative estimate of drug-likeness (QED) is 0.612. The summed E-state index contributed by atoms with van der Waals surface area (Å²) in [5.74, 6) is 0.322. The molecule has 82 valence electrons. The standard InChI is InChI=1S/C10H13ClN2O2/c1-3-15-9-5-7(6-13-12-2)4-8(11)10(9)14/h4-6,12,14H,3H2,1-2H3. The van der Waals surface area contributed by atoms with Gasteiger partial charge in [-0.1, -0.05) is 11.6 Å². The van der Waals surface area contributed by atoms with E-state index in [0.29, 0.717) is 12.4 Å². The van der Waals surface area contributed by atoms with Crippen LogP contribution in [0.4, 0.5) is 0 Å². The van der Waals surface area contributed by atoms with Gasteiger partial charge in [0.1, 0.15) is 0 Å². The lowest BCUT2D eigenvalue weighted by atomic mass is 10.2. The molecule has 0 aliphatic heterocycles. The molecular weight excluding hydrogens is 216 g/mol. The molecule has 0 aliphatic rings. The Labute approximate surface area is 93.5 Å². The van der Waals surface area contributed by atoms with E-state index in [9.17, 15) is 5.11 Å². The SMILES string of the molecule is CCOc1cc(C=NNC)cc(Cl)c1O. The van der Waals surface area contributed by atoms with Crippen molar-refractivity contribution in [3.05, 3.63) is 22.7 Å². The number of hydrazone groups is 1. The topological polar surface area (TPSA) is 53.8 Å². The summed E-state index contributed by atoms with van der Waals surface area (Å²) in [5, 5.41) is 13.7. The molecule has 5 heteroatoms. The van der Waals surface area contributed by atoms with Crippen LogP contribution in [0.15, 0.2) is 17.2 Å². The molecule has 0 heterocycles. The molecule has 1 aromatic carbocycles. The highest BCUT2D eigenvalue weighted by Crippen LogP contribution is 2.34. The zero-order chi connectivity index (χ0) is 11.3. The summed E-state index contributed by atoms with van der Waals surface area (Å²) in [6, 6.07) is 3.28. The number of aromatic hydroxyl groups is 1. The summed E-state index contributed by atoms with van der Waals surface area (Å²) < 4.78 is 5.22. The van der Waals surface area contributed by atoms with Crippen molar-refractivity contribution in [2.75, 3.05) is 13.7 Å². The van der Waals surface area contributed by atoms with Crippen molar-refractivity contribution in [3.63, 3.8) is 0 Å². The van der Waals surface area contributed by atoms with Crippen molar-refractivity contribution in [1.29, 1.82) is 0 Å². The van der Waals surface area contributed by atoms with Gasteiger partial charge in [0.25, 0.3) is 0 Å². The Hall–Kier alpha value is -1.42. The fraction of sp³-hybridized carbons (Fsp3) is 0.300. The van der Waals surface area contributed by atoms with Gasteiger partial charge in [-0.15, -0.1) is 0 Å². The maximum atomic E-state index is 9.56. The lowest BCUT2D eigenvalue weighted by molar-refractivity contribution is 0.318. The first-order chi connectivity index (χ1) is 7.19. The van der Waals surface area contributed by atoms with E-state index in [2.05, 4.69) is 10.5 Å². The van der Waals surface area contributed by atoms with Crippen molar-refractivity contribution in [2.45, 2.75) is 6.92 Å². The number of hydrogen-bond donors (Lipinski definition) is 2. The molecule has 0 radical (unpaired) electrons. The van der Waals surface area contributed by atoms with Crippen LogP contribution in [-0.4, -0.2) is 25.0 Å². The average Bonchev–Trinajstić information content (AvgIpc) is 2.22. The van der Waals surface area contributed by atoms with Gasteiger partial charge < -0.3 is 15.3 Å². The number of nitrogens with zero attached hydrogens (tertiary/aromatic N) is 1. The number of rotatable bonds is 4. The third-order valence-corrected chi connectivity index (χ3v) is 1.98. The summed E-state index contributed by atoms with van der Waals surface area (Å²) in [5.41, 5.74) is 3.38. The Balaban J connectivity index is 3.05. The van der Waals surface area contributed by atoms with E-state index in [-0.39, 0.29) is 10.8 Å². The van der Waals surface area contributed by atoms with Crippen molar-refractivity contribution in [3.8, 4) is 11.5 Å². The maximum absolute atomic E-state index is 9.56. The molecule has 15 heavy (non-hydrogen) atoms. The highest BCUT2D eigenvalue weighted by atomic mass is 35.5. The minimum atomic E-state index is -0.0416. The fourth-order valence-corrected chi connectivity index (χ4v) is 1.29. The first-order valence-corrected chi connectivity index (χ1v) is 4.92. The van der Waals surface area contributed by atoms with Crippen LogP contribution in [0.2, 0.25) is 5.02 Å².